The molecule has 2 aromatic rings. The van der Waals surface area contributed by atoms with Crippen LogP contribution in [-0.4, -0.2) is 40.4 Å². The van der Waals surface area contributed by atoms with Gasteiger partial charge in [-0.1, -0.05) is 36.4 Å². The van der Waals surface area contributed by atoms with Gasteiger partial charge in [0, 0.05) is 18.5 Å². The Morgan fingerprint density at radius 3 is 2.60 bits per heavy atom. The monoisotopic (exact) mass is 428 g/mol. The molecule has 5 nitrogen and oxygen atoms in total. The second-order valence-corrected chi connectivity index (χ2v) is 10.4. The number of benzene rings is 2. The normalized spacial score (nSPS) is 21.2. The molecular weight excluding hydrogens is 396 g/mol. The SMILES string of the molecule is CNC1CCc2ccc(OCCNS(=O)(=O)CC3CC3)cc2C1Cc1ccccc1. The highest BCUT2D eigenvalue weighted by molar-refractivity contribution is 7.89. The lowest BCUT2D eigenvalue weighted by Gasteiger charge is -2.34. The van der Waals surface area contributed by atoms with E-state index in [0.717, 1.165) is 37.9 Å². The van der Waals surface area contributed by atoms with Crippen molar-refractivity contribution in [2.75, 3.05) is 26.0 Å². The third kappa shape index (κ3) is 5.62. The van der Waals surface area contributed by atoms with Crippen molar-refractivity contribution in [1.82, 2.24) is 10.0 Å². The number of fused-ring (bicyclic) bond motifs is 1. The standard InChI is InChI=1S/C24H32N2O3S/c1-25-24-12-10-20-9-11-21(29-14-13-26-30(27,28)17-19-7-8-19)16-22(20)23(24)15-18-5-3-2-4-6-18/h2-6,9,11,16,19,23-26H,7-8,10,12-15,17H2,1H3. The summed E-state index contributed by atoms with van der Waals surface area (Å²) in [7, 11) is -1.14. The van der Waals surface area contributed by atoms with E-state index < -0.39 is 10.0 Å². The molecule has 1 fully saturated rings. The van der Waals surface area contributed by atoms with Crippen LogP contribution in [0, 0.1) is 5.92 Å². The van der Waals surface area contributed by atoms with Crippen LogP contribution in [0.1, 0.15) is 41.9 Å². The molecule has 2 atom stereocenters. The molecule has 2 aliphatic rings. The first kappa shape index (κ1) is 21.3. The highest BCUT2D eigenvalue weighted by Gasteiger charge is 2.29. The Bertz CT molecular complexity index is 942. The van der Waals surface area contributed by atoms with Crippen LogP contribution in [0.2, 0.25) is 0 Å². The van der Waals surface area contributed by atoms with Gasteiger partial charge in [0.1, 0.15) is 12.4 Å². The number of rotatable bonds is 10. The van der Waals surface area contributed by atoms with Crippen molar-refractivity contribution in [1.29, 1.82) is 0 Å². The zero-order chi connectivity index (χ0) is 21.0. The molecule has 0 heterocycles. The summed E-state index contributed by atoms with van der Waals surface area (Å²) in [6.07, 6.45) is 5.25. The fraction of sp³-hybridized carbons (Fsp3) is 0.500. The summed E-state index contributed by atoms with van der Waals surface area (Å²) in [5.41, 5.74) is 4.07. The number of ether oxygens (including phenoxy) is 1. The molecule has 2 aromatic carbocycles. The summed E-state index contributed by atoms with van der Waals surface area (Å²) < 4.78 is 32.6. The Morgan fingerprint density at radius 1 is 1.07 bits per heavy atom. The maximum absolute atomic E-state index is 12.0. The van der Waals surface area contributed by atoms with Crippen molar-refractivity contribution >= 4 is 10.0 Å². The molecule has 0 aromatic heterocycles. The molecule has 0 amide bonds. The summed E-state index contributed by atoms with van der Waals surface area (Å²) in [6, 6.07) is 17.4. The second kappa shape index (κ2) is 9.50. The second-order valence-electron chi connectivity index (χ2n) is 8.56. The van der Waals surface area contributed by atoms with Crippen LogP contribution in [0.4, 0.5) is 0 Å². The van der Waals surface area contributed by atoms with Crippen LogP contribution in [-0.2, 0) is 22.9 Å². The van der Waals surface area contributed by atoms with Gasteiger partial charge in [-0.25, -0.2) is 13.1 Å². The van der Waals surface area contributed by atoms with Gasteiger partial charge in [0.15, 0.2) is 0 Å². The molecule has 1 saturated carbocycles. The molecule has 162 valence electrons. The average Bonchev–Trinajstić information content (AvgIpc) is 3.55. The molecule has 2 unspecified atom stereocenters. The predicted octanol–water partition coefficient (Wildman–Crippen LogP) is 3.26. The number of nitrogens with one attached hydrogen (secondary N) is 2. The number of sulfonamides is 1. The minimum atomic E-state index is -3.18. The summed E-state index contributed by atoms with van der Waals surface area (Å²) in [5, 5.41) is 3.51. The van der Waals surface area contributed by atoms with E-state index in [1.807, 2.05) is 13.1 Å². The Morgan fingerprint density at radius 2 is 1.87 bits per heavy atom. The van der Waals surface area contributed by atoms with Crippen molar-refractivity contribution in [2.24, 2.45) is 5.92 Å². The molecular formula is C24H32N2O3S. The van der Waals surface area contributed by atoms with Gasteiger partial charge < -0.3 is 10.1 Å². The Kier molecular flexibility index (Phi) is 6.76. The highest BCUT2D eigenvalue weighted by Crippen LogP contribution is 2.36. The highest BCUT2D eigenvalue weighted by atomic mass is 32.2. The first-order valence-corrected chi connectivity index (χ1v) is 12.6. The van der Waals surface area contributed by atoms with Crippen LogP contribution >= 0.6 is 0 Å². The lowest BCUT2D eigenvalue weighted by molar-refractivity contribution is 0.320. The average molecular weight is 429 g/mol. The lowest BCUT2D eigenvalue weighted by atomic mass is 9.76. The van der Waals surface area contributed by atoms with E-state index in [1.165, 1.54) is 16.7 Å². The molecule has 30 heavy (non-hydrogen) atoms. The van der Waals surface area contributed by atoms with Gasteiger partial charge in [0.05, 0.1) is 5.75 Å². The summed E-state index contributed by atoms with van der Waals surface area (Å²) in [6.45, 7) is 0.639. The molecule has 0 aliphatic heterocycles. The molecule has 2 N–H and O–H groups in total. The third-order valence-electron chi connectivity index (χ3n) is 6.24. The first-order valence-electron chi connectivity index (χ1n) is 11.0. The molecule has 2 aliphatic carbocycles. The topological polar surface area (TPSA) is 67.4 Å². The van der Waals surface area contributed by atoms with Gasteiger partial charge in [0.2, 0.25) is 10.0 Å². The molecule has 0 saturated heterocycles. The van der Waals surface area contributed by atoms with Crippen molar-refractivity contribution in [3.05, 3.63) is 65.2 Å². The van der Waals surface area contributed by atoms with Gasteiger partial charge in [-0.15, -0.1) is 0 Å². The maximum atomic E-state index is 12.0. The van der Waals surface area contributed by atoms with Crippen LogP contribution in [0.5, 0.6) is 5.75 Å². The molecule has 0 spiro atoms. The molecule has 0 bridgehead atoms. The van der Waals surface area contributed by atoms with Crippen molar-refractivity contribution < 1.29 is 13.2 Å². The van der Waals surface area contributed by atoms with Crippen LogP contribution in [0.25, 0.3) is 0 Å². The zero-order valence-corrected chi connectivity index (χ0v) is 18.5. The van der Waals surface area contributed by atoms with E-state index in [0.29, 0.717) is 31.0 Å². The molecule has 6 heteroatoms. The van der Waals surface area contributed by atoms with Gasteiger partial charge in [-0.2, -0.15) is 0 Å². The summed E-state index contributed by atoms with van der Waals surface area (Å²) in [5.74, 6) is 1.80. The Labute approximate surface area is 180 Å². The minimum Gasteiger partial charge on any atom is -0.492 e. The fourth-order valence-electron chi connectivity index (χ4n) is 4.45. The number of likely N-dealkylation sites (N-methyl/N-ethyl adjacent to an activating group) is 1. The minimum absolute atomic E-state index is 0.248. The van der Waals surface area contributed by atoms with Crippen molar-refractivity contribution in [3.8, 4) is 5.75 Å². The van der Waals surface area contributed by atoms with Crippen LogP contribution in [0.15, 0.2) is 48.5 Å². The predicted molar refractivity (Wildman–Crippen MR) is 121 cm³/mol. The van der Waals surface area contributed by atoms with Crippen molar-refractivity contribution in [2.45, 2.75) is 44.1 Å². The smallest absolute Gasteiger partial charge is 0.211 e. The van der Waals surface area contributed by atoms with Gasteiger partial charge in [0.25, 0.3) is 0 Å². The lowest BCUT2D eigenvalue weighted by Crippen LogP contribution is -2.37. The summed E-state index contributed by atoms with van der Waals surface area (Å²) >= 11 is 0. The van der Waals surface area contributed by atoms with Gasteiger partial charge in [-0.3, -0.25) is 0 Å². The number of hydrogen-bond acceptors (Lipinski definition) is 4. The molecule has 4 rings (SSSR count). The van der Waals surface area contributed by atoms with E-state index in [2.05, 4.69) is 52.5 Å². The van der Waals surface area contributed by atoms with Crippen molar-refractivity contribution in [3.63, 3.8) is 0 Å². The van der Waals surface area contributed by atoms with Gasteiger partial charge in [-0.05, 0) is 73.9 Å². The number of aryl methyl sites for hydroxylation is 1. The van der Waals surface area contributed by atoms with E-state index in [1.54, 1.807) is 0 Å². The van der Waals surface area contributed by atoms with Gasteiger partial charge >= 0.3 is 0 Å². The third-order valence-corrected chi connectivity index (χ3v) is 7.80. The fourth-order valence-corrected chi connectivity index (χ4v) is 5.92. The zero-order valence-electron chi connectivity index (χ0n) is 17.6. The number of hydrogen-bond donors (Lipinski definition) is 2. The maximum Gasteiger partial charge on any atom is 0.211 e. The van der Waals surface area contributed by atoms with Crippen LogP contribution in [0.3, 0.4) is 0 Å². The van der Waals surface area contributed by atoms with Crippen LogP contribution < -0.4 is 14.8 Å². The van der Waals surface area contributed by atoms with E-state index >= 15 is 0 Å². The quantitative estimate of drug-likeness (QED) is 0.570. The molecule has 0 radical (unpaired) electrons. The van der Waals surface area contributed by atoms with E-state index in [9.17, 15) is 8.42 Å². The largest absolute Gasteiger partial charge is 0.492 e. The van der Waals surface area contributed by atoms with E-state index in [-0.39, 0.29) is 5.75 Å². The first-order chi connectivity index (χ1) is 14.5. The van der Waals surface area contributed by atoms with E-state index in [4.69, 9.17) is 4.74 Å². The Balaban J connectivity index is 1.41. The Hall–Kier alpha value is -1.89. The summed E-state index contributed by atoms with van der Waals surface area (Å²) in [4.78, 5) is 0.